The van der Waals surface area contributed by atoms with Gasteiger partial charge in [-0.15, -0.1) is 6.42 Å². The normalized spacial score (nSPS) is 12.2. The molecular weight excluding hydrogens is 454 g/mol. The second kappa shape index (κ2) is 11.3. The molecule has 2 N–H and O–H groups in total. The summed E-state index contributed by atoms with van der Waals surface area (Å²) >= 11 is 0. The van der Waals surface area contributed by atoms with Gasteiger partial charge in [-0.05, 0) is 78.1 Å². The van der Waals surface area contributed by atoms with Crippen LogP contribution in [0.2, 0.25) is 0 Å². The molecule has 0 aromatic heterocycles. The fourth-order valence-electron chi connectivity index (χ4n) is 3.92. The molecule has 2 aromatic rings. The van der Waals surface area contributed by atoms with Gasteiger partial charge in [0.2, 0.25) is 5.91 Å². The predicted molar refractivity (Wildman–Crippen MR) is 142 cm³/mol. The summed E-state index contributed by atoms with van der Waals surface area (Å²) in [6.45, 7) is 14.2. The van der Waals surface area contributed by atoms with Gasteiger partial charge < -0.3 is 20.3 Å². The summed E-state index contributed by atoms with van der Waals surface area (Å²) in [5.74, 6) is 1.77. The first kappa shape index (κ1) is 28.4. The van der Waals surface area contributed by atoms with Crippen molar-refractivity contribution in [2.24, 2.45) is 0 Å². The molecule has 7 nitrogen and oxygen atoms in total. The third-order valence-electron chi connectivity index (χ3n) is 5.42. The van der Waals surface area contributed by atoms with E-state index in [-0.39, 0.29) is 6.54 Å². The Hall–Kier alpha value is -3.79. The number of carbonyl (C=O) groups excluding carboxylic acids is 3. The molecule has 0 bridgehead atoms. The van der Waals surface area contributed by atoms with Crippen LogP contribution in [-0.2, 0) is 14.3 Å². The van der Waals surface area contributed by atoms with Crippen molar-refractivity contribution in [2.45, 2.75) is 72.6 Å². The number of anilines is 1. The lowest BCUT2D eigenvalue weighted by Crippen LogP contribution is -2.54. The van der Waals surface area contributed by atoms with Gasteiger partial charge in [-0.2, -0.15) is 0 Å². The average Bonchev–Trinajstić information content (AvgIpc) is 2.76. The maximum Gasteiger partial charge on any atom is 0.408 e. The summed E-state index contributed by atoms with van der Waals surface area (Å²) < 4.78 is 5.26. The first-order valence-electron chi connectivity index (χ1n) is 11.9. The molecule has 0 fully saturated rings. The molecule has 36 heavy (non-hydrogen) atoms. The summed E-state index contributed by atoms with van der Waals surface area (Å²) in [7, 11) is 0. The minimum absolute atomic E-state index is 0.350. The predicted octanol–water partition coefficient (Wildman–Crippen LogP) is 5.12. The number of nitrogens with one attached hydrogen (secondary N) is 2. The summed E-state index contributed by atoms with van der Waals surface area (Å²) in [6, 6.07) is 11.7. The highest BCUT2D eigenvalue weighted by Crippen LogP contribution is 2.32. The molecule has 0 saturated heterocycles. The van der Waals surface area contributed by atoms with Gasteiger partial charge in [-0.1, -0.05) is 42.3 Å². The minimum atomic E-state index is -1.05. The smallest absolute Gasteiger partial charge is 0.408 e. The van der Waals surface area contributed by atoms with E-state index in [2.05, 4.69) is 16.6 Å². The van der Waals surface area contributed by atoms with Crippen LogP contribution >= 0.6 is 0 Å². The van der Waals surface area contributed by atoms with Crippen LogP contribution in [0.3, 0.4) is 0 Å². The van der Waals surface area contributed by atoms with Gasteiger partial charge in [0.25, 0.3) is 5.91 Å². The fourth-order valence-corrected chi connectivity index (χ4v) is 3.92. The average molecular weight is 492 g/mol. The number of nitrogens with zero attached hydrogens (tertiary/aromatic N) is 1. The van der Waals surface area contributed by atoms with E-state index in [1.165, 1.54) is 4.90 Å². The molecule has 1 unspecified atom stereocenters. The number of rotatable bonds is 6. The van der Waals surface area contributed by atoms with E-state index in [0.717, 1.165) is 11.1 Å². The summed E-state index contributed by atoms with van der Waals surface area (Å²) in [4.78, 5) is 41.2. The van der Waals surface area contributed by atoms with Crippen molar-refractivity contribution in [3.05, 3.63) is 64.7 Å². The maximum atomic E-state index is 13.9. The molecular formula is C29H37N3O4. The van der Waals surface area contributed by atoms with Crippen LogP contribution < -0.4 is 10.6 Å². The van der Waals surface area contributed by atoms with Crippen molar-refractivity contribution in [3.63, 3.8) is 0 Å². The molecule has 0 saturated carbocycles. The van der Waals surface area contributed by atoms with Crippen LogP contribution in [0, 0.1) is 26.2 Å². The van der Waals surface area contributed by atoms with Crippen molar-refractivity contribution in [1.29, 1.82) is 0 Å². The zero-order valence-corrected chi connectivity index (χ0v) is 22.5. The van der Waals surface area contributed by atoms with Gasteiger partial charge in [0.05, 0.1) is 0 Å². The van der Waals surface area contributed by atoms with Crippen LogP contribution in [0.25, 0.3) is 0 Å². The second-order valence-corrected chi connectivity index (χ2v) is 10.7. The van der Waals surface area contributed by atoms with Crippen LogP contribution in [0.1, 0.15) is 69.8 Å². The quantitative estimate of drug-likeness (QED) is 0.549. The number of benzene rings is 2. The highest BCUT2D eigenvalue weighted by molar-refractivity contribution is 6.00. The molecule has 0 aliphatic heterocycles. The molecule has 0 aliphatic carbocycles. The molecule has 0 heterocycles. The summed E-state index contributed by atoms with van der Waals surface area (Å²) in [5.41, 5.74) is 1.98. The van der Waals surface area contributed by atoms with Crippen LogP contribution in [0.4, 0.5) is 10.5 Å². The largest absolute Gasteiger partial charge is 0.444 e. The standard InChI is InChI=1S/C29H37N3O4/c1-10-21-16-11-12-17-22(21)25(26(34)31-24-19(2)14-13-15-20(24)3)32(28(4,5)6)23(33)18-30-27(35)36-29(7,8)9/h1,11-17,25H,18H2,2-9H3,(H,30,35)(H,31,34). The lowest BCUT2D eigenvalue weighted by molar-refractivity contribution is -0.144. The van der Waals surface area contributed by atoms with Crippen molar-refractivity contribution in [2.75, 3.05) is 11.9 Å². The fraction of sp³-hybridized carbons (Fsp3) is 0.414. The van der Waals surface area contributed by atoms with Gasteiger partial charge in [0.1, 0.15) is 18.2 Å². The second-order valence-electron chi connectivity index (χ2n) is 10.7. The van der Waals surface area contributed by atoms with E-state index >= 15 is 0 Å². The number of hydrogen-bond acceptors (Lipinski definition) is 4. The molecule has 1 atom stereocenters. The van der Waals surface area contributed by atoms with E-state index in [1.54, 1.807) is 45.0 Å². The van der Waals surface area contributed by atoms with Gasteiger partial charge in [0, 0.05) is 16.8 Å². The third kappa shape index (κ3) is 7.35. The van der Waals surface area contributed by atoms with E-state index in [9.17, 15) is 14.4 Å². The number of hydrogen-bond donors (Lipinski definition) is 2. The van der Waals surface area contributed by atoms with E-state index in [4.69, 9.17) is 11.2 Å². The Labute approximate surface area is 214 Å². The Morgan fingerprint density at radius 2 is 1.56 bits per heavy atom. The number of para-hydroxylation sites is 1. The number of aryl methyl sites for hydroxylation is 2. The maximum absolute atomic E-state index is 13.9. The topological polar surface area (TPSA) is 87.7 Å². The first-order valence-corrected chi connectivity index (χ1v) is 11.9. The number of carbonyl (C=O) groups is 3. The molecule has 0 radical (unpaired) electrons. The Bertz CT molecular complexity index is 1150. The molecule has 2 aromatic carbocycles. The molecule has 3 amide bonds. The zero-order chi connectivity index (χ0) is 27.3. The van der Waals surface area contributed by atoms with Crippen LogP contribution in [0.15, 0.2) is 42.5 Å². The molecule has 2 rings (SSSR count). The Morgan fingerprint density at radius 1 is 0.972 bits per heavy atom. The molecule has 7 heteroatoms. The monoisotopic (exact) mass is 491 g/mol. The van der Waals surface area contributed by atoms with Crippen LogP contribution in [0.5, 0.6) is 0 Å². The number of alkyl carbamates (subject to hydrolysis) is 1. The SMILES string of the molecule is C#Cc1ccccc1C(C(=O)Nc1c(C)cccc1C)N(C(=O)CNC(=O)OC(C)(C)C)C(C)(C)C. The highest BCUT2D eigenvalue weighted by Gasteiger charge is 2.39. The Balaban J connectivity index is 2.53. The minimum Gasteiger partial charge on any atom is -0.444 e. The number of terminal acetylenes is 1. The lowest BCUT2D eigenvalue weighted by atomic mass is 9.93. The van der Waals surface area contributed by atoms with Crippen molar-refractivity contribution in [3.8, 4) is 12.3 Å². The third-order valence-corrected chi connectivity index (χ3v) is 5.42. The lowest BCUT2D eigenvalue weighted by Gasteiger charge is -2.41. The van der Waals surface area contributed by atoms with E-state index in [0.29, 0.717) is 16.8 Å². The zero-order valence-electron chi connectivity index (χ0n) is 22.5. The van der Waals surface area contributed by atoms with Gasteiger partial charge in [-0.25, -0.2) is 4.79 Å². The molecule has 0 aliphatic rings. The van der Waals surface area contributed by atoms with Crippen molar-refractivity contribution >= 4 is 23.6 Å². The Morgan fingerprint density at radius 3 is 2.08 bits per heavy atom. The Kier molecular flexibility index (Phi) is 8.93. The van der Waals surface area contributed by atoms with E-state index < -0.39 is 35.1 Å². The molecule has 192 valence electrons. The van der Waals surface area contributed by atoms with E-state index in [1.807, 2.05) is 52.8 Å². The van der Waals surface area contributed by atoms with Crippen LogP contribution in [-0.4, -0.2) is 40.5 Å². The number of ether oxygens (including phenoxy) is 1. The van der Waals surface area contributed by atoms with Crippen molar-refractivity contribution in [1.82, 2.24) is 10.2 Å². The highest BCUT2D eigenvalue weighted by atomic mass is 16.6. The summed E-state index contributed by atoms with van der Waals surface area (Å²) in [5, 5.41) is 5.53. The van der Waals surface area contributed by atoms with Crippen molar-refractivity contribution < 1.29 is 19.1 Å². The van der Waals surface area contributed by atoms with Gasteiger partial charge in [-0.3, -0.25) is 9.59 Å². The molecule has 0 spiro atoms. The first-order chi connectivity index (χ1) is 16.7. The van der Waals surface area contributed by atoms with Gasteiger partial charge >= 0.3 is 6.09 Å². The summed E-state index contributed by atoms with van der Waals surface area (Å²) in [6.07, 6.45) is 5.06. The number of amides is 3. The van der Waals surface area contributed by atoms with Gasteiger partial charge in [0.15, 0.2) is 0 Å².